The molecule has 0 aliphatic rings. The van der Waals surface area contributed by atoms with E-state index in [1.165, 1.54) is 98.4 Å². The maximum atomic E-state index is 6.61. The van der Waals surface area contributed by atoms with E-state index < -0.39 is 0 Å². The zero-order chi connectivity index (χ0) is 35.7. The molecule has 0 atom stereocenters. The summed E-state index contributed by atoms with van der Waals surface area (Å²) in [4.78, 5) is 0. The van der Waals surface area contributed by atoms with E-state index in [2.05, 4.69) is 179 Å². The Balaban J connectivity index is 1.20. The van der Waals surface area contributed by atoms with Gasteiger partial charge in [0.15, 0.2) is 0 Å². The quantitative estimate of drug-likeness (QED) is 0.181. The third-order valence-electron chi connectivity index (χ3n) is 11.8. The second-order valence-electron chi connectivity index (χ2n) is 16.4. The molecule has 0 amide bonds. The number of nitrogens with zero attached hydrogens (tertiary/aromatic N) is 1. The van der Waals surface area contributed by atoms with Gasteiger partial charge < -0.3 is 8.82 Å². The third-order valence-corrected chi connectivity index (χ3v) is 11.8. The van der Waals surface area contributed by atoms with Gasteiger partial charge in [0, 0.05) is 32.3 Å². The standard InChI is InChI=1S/C51H39NO/c1-29(2)30-10-12-31(13-11-30)33-15-17-36-25-43-45(27-38(36)22-33)52-44-26-37-23-34(32-18-20-39(21-19-32)51(3,4)5)14-16-35(37)24-41(44)42-28-47-48(49(43)50(42)52)40-8-6-7-9-46(40)53-47/h6-29H,1-5H3. The van der Waals surface area contributed by atoms with Gasteiger partial charge in [-0.05, 0) is 115 Å². The Kier molecular flexibility index (Phi) is 6.16. The Bertz CT molecular complexity index is 3260. The molecule has 11 rings (SSSR count). The van der Waals surface area contributed by atoms with E-state index in [1.807, 2.05) is 0 Å². The monoisotopic (exact) mass is 681 g/mol. The number of rotatable bonds is 3. The van der Waals surface area contributed by atoms with Crippen LogP contribution in [0.15, 0.2) is 144 Å². The summed E-state index contributed by atoms with van der Waals surface area (Å²) in [6, 6.07) is 52.4. The number of furan rings is 1. The molecule has 0 N–H and O–H groups in total. The van der Waals surface area contributed by atoms with E-state index in [1.54, 1.807) is 0 Å². The third kappa shape index (κ3) is 4.45. The molecular formula is C51H39NO. The Labute approximate surface area is 308 Å². The van der Waals surface area contributed by atoms with Crippen molar-refractivity contribution >= 4 is 81.6 Å². The Hall–Kier alpha value is -6.12. The smallest absolute Gasteiger partial charge is 0.136 e. The zero-order valence-electron chi connectivity index (χ0n) is 30.7. The van der Waals surface area contributed by atoms with Crippen molar-refractivity contribution in [3.8, 4) is 22.3 Å². The van der Waals surface area contributed by atoms with Gasteiger partial charge in [-0.1, -0.05) is 126 Å². The fourth-order valence-corrected chi connectivity index (χ4v) is 8.89. The summed E-state index contributed by atoms with van der Waals surface area (Å²) in [7, 11) is 0. The van der Waals surface area contributed by atoms with Crippen molar-refractivity contribution in [1.29, 1.82) is 0 Å². The molecule has 254 valence electrons. The van der Waals surface area contributed by atoms with Gasteiger partial charge in [0.25, 0.3) is 0 Å². The van der Waals surface area contributed by atoms with Crippen LogP contribution in [0.1, 0.15) is 51.7 Å². The van der Waals surface area contributed by atoms with Gasteiger partial charge in [-0.25, -0.2) is 0 Å². The van der Waals surface area contributed by atoms with E-state index in [9.17, 15) is 0 Å². The van der Waals surface area contributed by atoms with Crippen LogP contribution in [0.4, 0.5) is 0 Å². The topological polar surface area (TPSA) is 17.6 Å². The predicted octanol–water partition coefficient (Wildman–Crippen LogP) is 14.8. The van der Waals surface area contributed by atoms with Crippen molar-refractivity contribution in [3.05, 3.63) is 151 Å². The van der Waals surface area contributed by atoms with Gasteiger partial charge in [-0.3, -0.25) is 0 Å². The molecule has 0 aliphatic carbocycles. The molecule has 0 saturated heterocycles. The minimum absolute atomic E-state index is 0.127. The Morgan fingerprint density at radius 1 is 0.472 bits per heavy atom. The van der Waals surface area contributed by atoms with Crippen LogP contribution >= 0.6 is 0 Å². The first-order chi connectivity index (χ1) is 25.7. The summed E-state index contributed by atoms with van der Waals surface area (Å²) in [5.41, 5.74) is 13.4. The molecule has 0 aliphatic heterocycles. The second kappa shape index (κ2) is 10.7. The lowest BCUT2D eigenvalue weighted by molar-refractivity contribution is 0.590. The first-order valence-corrected chi connectivity index (χ1v) is 18.9. The molecule has 3 heterocycles. The van der Waals surface area contributed by atoms with Crippen LogP contribution in [-0.4, -0.2) is 4.40 Å². The number of hydrogen-bond acceptors (Lipinski definition) is 1. The highest BCUT2D eigenvalue weighted by atomic mass is 16.3. The number of aromatic nitrogens is 1. The Morgan fingerprint density at radius 2 is 1.06 bits per heavy atom. The molecular weight excluding hydrogens is 643 g/mol. The maximum Gasteiger partial charge on any atom is 0.136 e. The molecule has 0 fully saturated rings. The predicted molar refractivity (Wildman–Crippen MR) is 227 cm³/mol. The van der Waals surface area contributed by atoms with Crippen LogP contribution in [0.25, 0.3) is 104 Å². The average molecular weight is 682 g/mol. The summed E-state index contributed by atoms with van der Waals surface area (Å²) >= 11 is 0. The van der Waals surface area contributed by atoms with Crippen LogP contribution in [0.2, 0.25) is 0 Å². The average Bonchev–Trinajstić information content (AvgIpc) is 3.81. The first kappa shape index (κ1) is 30.5. The molecule has 8 aromatic carbocycles. The summed E-state index contributed by atoms with van der Waals surface area (Å²) in [6.45, 7) is 11.3. The molecule has 0 bridgehead atoms. The van der Waals surface area contributed by atoms with Crippen molar-refractivity contribution < 1.29 is 4.42 Å². The van der Waals surface area contributed by atoms with E-state index in [-0.39, 0.29) is 5.41 Å². The maximum absolute atomic E-state index is 6.61. The summed E-state index contributed by atoms with van der Waals surface area (Å²) in [5.74, 6) is 0.514. The minimum Gasteiger partial charge on any atom is -0.456 e. The van der Waals surface area contributed by atoms with Crippen LogP contribution in [0.3, 0.4) is 0 Å². The summed E-state index contributed by atoms with van der Waals surface area (Å²) < 4.78 is 9.14. The molecule has 0 unspecified atom stereocenters. The molecule has 0 radical (unpaired) electrons. The van der Waals surface area contributed by atoms with Crippen LogP contribution in [0, 0.1) is 0 Å². The highest BCUT2D eigenvalue weighted by Crippen LogP contribution is 2.47. The first-order valence-electron chi connectivity index (χ1n) is 18.9. The van der Waals surface area contributed by atoms with Gasteiger partial charge in [0.05, 0.1) is 16.6 Å². The fraction of sp³-hybridized carbons (Fsp3) is 0.137. The zero-order valence-corrected chi connectivity index (χ0v) is 30.7. The van der Waals surface area contributed by atoms with Crippen molar-refractivity contribution in [2.24, 2.45) is 0 Å². The lowest BCUT2D eigenvalue weighted by Crippen LogP contribution is -2.10. The number of fused-ring (bicyclic) bond motifs is 12. The summed E-state index contributed by atoms with van der Waals surface area (Å²) in [6.07, 6.45) is 0. The van der Waals surface area contributed by atoms with Crippen molar-refractivity contribution in [3.63, 3.8) is 0 Å². The molecule has 0 saturated carbocycles. The lowest BCUT2D eigenvalue weighted by atomic mass is 9.86. The Morgan fingerprint density at radius 3 is 1.70 bits per heavy atom. The van der Waals surface area contributed by atoms with Gasteiger partial charge in [-0.15, -0.1) is 0 Å². The molecule has 53 heavy (non-hydrogen) atoms. The number of hydrogen-bond donors (Lipinski definition) is 0. The van der Waals surface area contributed by atoms with E-state index in [0.717, 1.165) is 16.6 Å². The van der Waals surface area contributed by atoms with Crippen molar-refractivity contribution in [2.75, 3.05) is 0 Å². The van der Waals surface area contributed by atoms with Crippen LogP contribution in [0.5, 0.6) is 0 Å². The molecule has 3 aromatic heterocycles. The van der Waals surface area contributed by atoms with Gasteiger partial charge in [-0.2, -0.15) is 0 Å². The van der Waals surface area contributed by atoms with Crippen LogP contribution in [-0.2, 0) is 5.41 Å². The van der Waals surface area contributed by atoms with Crippen molar-refractivity contribution in [1.82, 2.24) is 4.40 Å². The fourth-order valence-electron chi connectivity index (χ4n) is 8.89. The largest absolute Gasteiger partial charge is 0.456 e. The van der Waals surface area contributed by atoms with Gasteiger partial charge in [0.1, 0.15) is 11.2 Å². The normalized spacial score (nSPS) is 12.8. The number of para-hydroxylation sites is 1. The molecule has 0 spiro atoms. The highest BCUT2D eigenvalue weighted by molar-refractivity contribution is 6.36. The summed E-state index contributed by atoms with van der Waals surface area (Å²) in [5, 5.41) is 12.3. The van der Waals surface area contributed by atoms with E-state index >= 15 is 0 Å². The van der Waals surface area contributed by atoms with Crippen molar-refractivity contribution in [2.45, 2.75) is 46.0 Å². The SMILES string of the molecule is CC(C)c1ccc(-c2ccc3cc4c5c6c(cc7c8cc9ccc(-c%10ccc(C(C)(C)C)cc%10)cc9cc8n(c4cc3c2)c75)oc2ccccc26)cc1. The van der Waals surface area contributed by atoms with Gasteiger partial charge >= 0.3 is 0 Å². The van der Waals surface area contributed by atoms with E-state index in [0.29, 0.717) is 5.92 Å². The van der Waals surface area contributed by atoms with Crippen LogP contribution < -0.4 is 0 Å². The molecule has 2 nitrogen and oxygen atoms in total. The lowest BCUT2D eigenvalue weighted by Gasteiger charge is -2.19. The van der Waals surface area contributed by atoms with E-state index in [4.69, 9.17) is 4.42 Å². The van der Waals surface area contributed by atoms with Gasteiger partial charge in [0.2, 0.25) is 0 Å². The minimum atomic E-state index is 0.127. The second-order valence-corrected chi connectivity index (χ2v) is 16.4. The molecule has 11 aromatic rings. The molecule has 2 heteroatoms. The number of benzene rings is 8. The highest BCUT2D eigenvalue weighted by Gasteiger charge is 2.24.